The minimum atomic E-state index is -0.789. The highest BCUT2D eigenvalue weighted by molar-refractivity contribution is 6.03. The average molecular weight is 348 g/mol. The van der Waals surface area contributed by atoms with Crippen molar-refractivity contribution in [2.24, 2.45) is 5.73 Å². The van der Waals surface area contributed by atoms with Crippen LogP contribution in [0.3, 0.4) is 0 Å². The normalized spacial score (nSPS) is 11.0. The molecule has 0 aliphatic carbocycles. The van der Waals surface area contributed by atoms with Crippen LogP contribution in [0.25, 0.3) is 33.5 Å². The van der Waals surface area contributed by atoms with Gasteiger partial charge in [-0.15, -0.1) is 0 Å². The fraction of sp³-hybridized carbons (Fsp3) is 0. The zero-order valence-electron chi connectivity index (χ0n) is 13.4. The second kappa shape index (κ2) is 5.92. The number of hydrogen-bond donors (Lipinski definition) is 3. The number of amides is 1. The highest BCUT2D eigenvalue weighted by Crippen LogP contribution is 2.34. The van der Waals surface area contributed by atoms with E-state index in [2.05, 4.69) is 20.2 Å². The number of carbonyl (C=O) groups excluding carboxylic acids is 1. The summed E-state index contributed by atoms with van der Waals surface area (Å²) in [7, 11) is 0. The number of H-pyrrole nitrogens is 1. The summed E-state index contributed by atoms with van der Waals surface area (Å²) in [5, 5.41) is 6.42. The molecule has 0 saturated carbocycles. The number of nitrogen functional groups attached to an aromatic ring is 1. The molecule has 7 nitrogen and oxygen atoms in total. The number of anilines is 1. The number of benzene rings is 2. The van der Waals surface area contributed by atoms with E-state index in [0.29, 0.717) is 16.6 Å². The van der Waals surface area contributed by atoms with Crippen molar-refractivity contribution in [3.8, 4) is 22.6 Å². The van der Waals surface area contributed by atoms with Gasteiger partial charge in [-0.1, -0.05) is 42.5 Å². The standard InChI is InChI=1S/C18H13FN6O/c19-16-12-10(7-4-8-11(12)24-25-16)14-13(20)15(17(21)26)23-18(22-14)9-5-2-1-3-6-9/h1-8H,20H2,(H2,21,26)(H,24,25). The van der Waals surface area contributed by atoms with Crippen LogP contribution in [0.5, 0.6) is 0 Å². The molecule has 0 atom stereocenters. The quantitative estimate of drug-likeness (QED) is 0.525. The second-order valence-corrected chi connectivity index (χ2v) is 5.63. The SMILES string of the molecule is NC(=O)c1nc(-c2ccccc2)nc(-c2cccc3n[nH]c(F)c23)c1N. The number of carbonyl (C=O) groups is 1. The van der Waals surface area contributed by atoms with Crippen molar-refractivity contribution in [3.63, 3.8) is 0 Å². The molecule has 5 N–H and O–H groups in total. The predicted octanol–water partition coefficient (Wildman–Crippen LogP) is 2.51. The number of rotatable bonds is 3. The van der Waals surface area contributed by atoms with Crippen LogP contribution >= 0.6 is 0 Å². The molecule has 0 spiro atoms. The summed E-state index contributed by atoms with van der Waals surface area (Å²) in [5.74, 6) is -1.14. The number of aromatic amines is 1. The number of nitrogens with two attached hydrogens (primary N) is 2. The molecule has 0 aliphatic rings. The Morgan fingerprint density at radius 1 is 1.04 bits per heavy atom. The van der Waals surface area contributed by atoms with Gasteiger partial charge >= 0.3 is 0 Å². The zero-order chi connectivity index (χ0) is 18.3. The van der Waals surface area contributed by atoms with Crippen molar-refractivity contribution in [3.05, 3.63) is 60.2 Å². The van der Waals surface area contributed by atoms with E-state index in [9.17, 15) is 9.18 Å². The molecule has 26 heavy (non-hydrogen) atoms. The van der Waals surface area contributed by atoms with Gasteiger partial charge in [-0.25, -0.2) is 9.97 Å². The summed E-state index contributed by atoms with van der Waals surface area (Å²) in [4.78, 5) is 20.5. The first kappa shape index (κ1) is 15.7. The lowest BCUT2D eigenvalue weighted by Gasteiger charge is -2.11. The van der Waals surface area contributed by atoms with E-state index in [1.54, 1.807) is 30.3 Å². The Bertz CT molecular complexity index is 1140. The number of nitrogens with one attached hydrogen (secondary N) is 1. The molecule has 1 amide bonds. The van der Waals surface area contributed by atoms with Crippen molar-refractivity contribution >= 4 is 22.5 Å². The van der Waals surface area contributed by atoms with E-state index in [1.807, 2.05) is 18.2 Å². The lowest BCUT2D eigenvalue weighted by Crippen LogP contribution is -2.17. The van der Waals surface area contributed by atoms with Gasteiger partial charge in [0.2, 0.25) is 5.95 Å². The number of hydrogen-bond acceptors (Lipinski definition) is 5. The summed E-state index contributed by atoms with van der Waals surface area (Å²) in [6, 6.07) is 14.1. The van der Waals surface area contributed by atoms with Gasteiger partial charge in [0.05, 0.1) is 22.3 Å². The topological polar surface area (TPSA) is 124 Å². The number of nitrogens with zero attached hydrogens (tertiary/aromatic N) is 3. The molecule has 0 bridgehead atoms. The lowest BCUT2D eigenvalue weighted by molar-refractivity contribution is 0.0996. The molecule has 0 aliphatic heterocycles. The third kappa shape index (κ3) is 2.44. The molecule has 0 fully saturated rings. The van der Waals surface area contributed by atoms with E-state index in [0.717, 1.165) is 0 Å². The van der Waals surface area contributed by atoms with Crippen molar-refractivity contribution in [1.82, 2.24) is 20.2 Å². The molecule has 0 unspecified atom stereocenters. The Hall–Kier alpha value is -3.81. The van der Waals surface area contributed by atoms with Gasteiger partial charge in [0, 0.05) is 11.1 Å². The maximum atomic E-state index is 14.2. The van der Waals surface area contributed by atoms with Gasteiger partial charge in [0.25, 0.3) is 5.91 Å². The number of primary amides is 1. The van der Waals surface area contributed by atoms with Crippen LogP contribution in [0.2, 0.25) is 0 Å². The fourth-order valence-electron chi connectivity index (χ4n) is 2.81. The van der Waals surface area contributed by atoms with E-state index < -0.39 is 11.9 Å². The van der Waals surface area contributed by atoms with Crippen LogP contribution in [0.1, 0.15) is 10.5 Å². The summed E-state index contributed by atoms with van der Waals surface area (Å²) in [6.45, 7) is 0. The Kier molecular flexibility index (Phi) is 3.58. The van der Waals surface area contributed by atoms with Gasteiger partial charge in [0.15, 0.2) is 11.5 Å². The first-order valence-electron chi connectivity index (χ1n) is 7.72. The highest BCUT2D eigenvalue weighted by atomic mass is 19.1. The maximum Gasteiger partial charge on any atom is 0.269 e. The van der Waals surface area contributed by atoms with Crippen LogP contribution in [0, 0.1) is 5.95 Å². The molecule has 4 aromatic rings. The fourth-order valence-corrected chi connectivity index (χ4v) is 2.81. The second-order valence-electron chi connectivity index (χ2n) is 5.63. The average Bonchev–Trinajstić information content (AvgIpc) is 3.04. The van der Waals surface area contributed by atoms with Crippen LogP contribution < -0.4 is 11.5 Å². The van der Waals surface area contributed by atoms with Gasteiger partial charge in [0.1, 0.15) is 0 Å². The molecule has 4 rings (SSSR count). The molecule has 2 heterocycles. The summed E-state index contributed by atoms with van der Waals surface area (Å²) in [6.07, 6.45) is 0. The maximum absolute atomic E-state index is 14.2. The van der Waals surface area contributed by atoms with Crippen LogP contribution in [0.4, 0.5) is 10.1 Å². The molecule has 0 radical (unpaired) electrons. The monoisotopic (exact) mass is 348 g/mol. The molecular formula is C18H13FN6O. The molecule has 2 aromatic heterocycles. The minimum absolute atomic E-state index is 0.00900. The van der Waals surface area contributed by atoms with Crippen LogP contribution in [-0.4, -0.2) is 26.1 Å². The first-order chi connectivity index (χ1) is 12.6. The molecule has 128 valence electrons. The molecule has 8 heteroatoms. The Balaban J connectivity index is 2.06. The first-order valence-corrected chi connectivity index (χ1v) is 7.72. The third-order valence-corrected chi connectivity index (χ3v) is 4.00. The largest absolute Gasteiger partial charge is 0.395 e. The van der Waals surface area contributed by atoms with Crippen LogP contribution in [-0.2, 0) is 0 Å². The van der Waals surface area contributed by atoms with Gasteiger partial charge in [-0.3, -0.25) is 9.89 Å². The number of fused-ring (bicyclic) bond motifs is 1. The van der Waals surface area contributed by atoms with E-state index >= 15 is 0 Å². The summed E-state index contributed by atoms with van der Waals surface area (Å²) < 4.78 is 14.2. The van der Waals surface area contributed by atoms with E-state index in [4.69, 9.17) is 11.5 Å². The predicted molar refractivity (Wildman–Crippen MR) is 95.4 cm³/mol. The minimum Gasteiger partial charge on any atom is -0.395 e. The van der Waals surface area contributed by atoms with E-state index in [-0.39, 0.29) is 28.3 Å². The molecule has 0 saturated heterocycles. The van der Waals surface area contributed by atoms with Crippen molar-refractivity contribution in [2.75, 3.05) is 5.73 Å². The van der Waals surface area contributed by atoms with Crippen molar-refractivity contribution < 1.29 is 9.18 Å². The lowest BCUT2D eigenvalue weighted by atomic mass is 10.0. The Morgan fingerprint density at radius 3 is 2.54 bits per heavy atom. The smallest absolute Gasteiger partial charge is 0.269 e. The van der Waals surface area contributed by atoms with Crippen molar-refractivity contribution in [1.29, 1.82) is 0 Å². The van der Waals surface area contributed by atoms with Crippen molar-refractivity contribution in [2.45, 2.75) is 0 Å². The van der Waals surface area contributed by atoms with Gasteiger partial charge < -0.3 is 11.5 Å². The molecular weight excluding hydrogens is 335 g/mol. The third-order valence-electron chi connectivity index (χ3n) is 4.00. The summed E-state index contributed by atoms with van der Waals surface area (Å²) >= 11 is 0. The van der Waals surface area contributed by atoms with Gasteiger partial charge in [-0.2, -0.15) is 9.49 Å². The Morgan fingerprint density at radius 2 is 1.81 bits per heavy atom. The van der Waals surface area contributed by atoms with Gasteiger partial charge in [-0.05, 0) is 6.07 Å². The number of aromatic nitrogens is 4. The highest BCUT2D eigenvalue weighted by Gasteiger charge is 2.21. The van der Waals surface area contributed by atoms with Crippen LogP contribution in [0.15, 0.2) is 48.5 Å². The zero-order valence-corrected chi connectivity index (χ0v) is 13.4. The summed E-state index contributed by atoms with van der Waals surface area (Å²) in [5.41, 5.74) is 13.1. The molecule has 2 aromatic carbocycles. The number of halogens is 1. The van der Waals surface area contributed by atoms with E-state index in [1.165, 1.54) is 0 Å². The Labute approximate surface area is 146 Å².